The minimum atomic E-state index is -0.364. The second-order valence-corrected chi connectivity index (χ2v) is 4.68. The number of ketones is 2. The molecule has 0 radical (unpaired) electrons. The number of aromatic hydroxyl groups is 1. The number of ether oxygens (including phenoxy) is 1. The average molecular weight is 283 g/mol. The van der Waals surface area contributed by atoms with Crippen LogP contribution in [0.1, 0.15) is 31.8 Å². The van der Waals surface area contributed by atoms with Crippen molar-refractivity contribution in [2.75, 3.05) is 19.5 Å². The lowest BCUT2D eigenvalue weighted by Gasteiger charge is -2.22. The van der Waals surface area contributed by atoms with Crippen LogP contribution < -0.4 is 10.1 Å². The molecule has 1 aliphatic carbocycles. The number of benzene rings is 2. The molecule has 0 aliphatic heterocycles. The van der Waals surface area contributed by atoms with Crippen LogP contribution in [0, 0.1) is 0 Å². The van der Waals surface area contributed by atoms with Gasteiger partial charge in [0.1, 0.15) is 11.5 Å². The van der Waals surface area contributed by atoms with Crippen LogP contribution >= 0.6 is 0 Å². The standard InChI is InChI=1S/C16H13NO4/c1-17-14-11(21-2)7-10(18)12-13(14)16(20)9-6-4-3-5-8(9)15(12)19/h3-7,17-18H,1-2H3. The summed E-state index contributed by atoms with van der Waals surface area (Å²) >= 11 is 0. The van der Waals surface area contributed by atoms with E-state index in [2.05, 4.69) is 5.32 Å². The smallest absolute Gasteiger partial charge is 0.198 e. The van der Waals surface area contributed by atoms with Gasteiger partial charge in [-0.25, -0.2) is 0 Å². The molecular weight excluding hydrogens is 270 g/mol. The predicted molar refractivity (Wildman–Crippen MR) is 77.5 cm³/mol. The summed E-state index contributed by atoms with van der Waals surface area (Å²) in [6, 6.07) is 7.92. The van der Waals surface area contributed by atoms with E-state index in [4.69, 9.17) is 4.74 Å². The molecule has 0 amide bonds. The molecular formula is C16H13NO4. The molecule has 0 bridgehead atoms. The zero-order valence-electron chi connectivity index (χ0n) is 11.6. The van der Waals surface area contributed by atoms with E-state index in [9.17, 15) is 14.7 Å². The average Bonchev–Trinajstić information content (AvgIpc) is 2.51. The number of methoxy groups -OCH3 is 1. The van der Waals surface area contributed by atoms with Gasteiger partial charge < -0.3 is 15.2 Å². The van der Waals surface area contributed by atoms with Crippen molar-refractivity contribution in [2.24, 2.45) is 0 Å². The van der Waals surface area contributed by atoms with E-state index in [0.717, 1.165) is 0 Å². The highest BCUT2D eigenvalue weighted by molar-refractivity contribution is 6.31. The van der Waals surface area contributed by atoms with Gasteiger partial charge in [-0.2, -0.15) is 0 Å². The van der Waals surface area contributed by atoms with E-state index < -0.39 is 0 Å². The molecule has 0 saturated carbocycles. The fourth-order valence-electron chi connectivity index (χ4n) is 2.66. The van der Waals surface area contributed by atoms with Crippen molar-refractivity contribution < 1.29 is 19.4 Å². The van der Waals surface area contributed by atoms with E-state index >= 15 is 0 Å². The zero-order chi connectivity index (χ0) is 15.1. The highest BCUT2D eigenvalue weighted by Gasteiger charge is 2.35. The third kappa shape index (κ3) is 1.71. The molecule has 0 saturated heterocycles. The van der Waals surface area contributed by atoms with Gasteiger partial charge in [0, 0.05) is 24.2 Å². The van der Waals surface area contributed by atoms with Crippen LogP contribution in [0.15, 0.2) is 30.3 Å². The van der Waals surface area contributed by atoms with Crippen molar-refractivity contribution in [3.8, 4) is 11.5 Å². The van der Waals surface area contributed by atoms with Crippen molar-refractivity contribution in [2.45, 2.75) is 0 Å². The Morgan fingerprint density at radius 2 is 1.62 bits per heavy atom. The van der Waals surface area contributed by atoms with E-state index in [1.165, 1.54) is 13.2 Å². The lowest BCUT2D eigenvalue weighted by atomic mass is 9.82. The van der Waals surface area contributed by atoms with Crippen molar-refractivity contribution in [1.29, 1.82) is 0 Å². The Morgan fingerprint density at radius 1 is 1.05 bits per heavy atom. The van der Waals surface area contributed by atoms with Gasteiger partial charge in [0.25, 0.3) is 0 Å². The number of rotatable bonds is 2. The quantitative estimate of drug-likeness (QED) is 0.705. The predicted octanol–water partition coefficient (Wildman–Crippen LogP) is 2.22. The molecule has 106 valence electrons. The number of hydrogen-bond acceptors (Lipinski definition) is 5. The second-order valence-electron chi connectivity index (χ2n) is 4.68. The van der Waals surface area contributed by atoms with Gasteiger partial charge >= 0.3 is 0 Å². The second kappa shape index (κ2) is 4.63. The first-order valence-corrected chi connectivity index (χ1v) is 6.40. The molecule has 0 heterocycles. The van der Waals surface area contributed by atoms with Crippen LogP contribution in [0.3, 0.4) is 0 Å². The zero-order valence-corrected chi connectivity index (χ0v) is 11.6. The minimum Gasteiger partial charge on any atom is -0.507 e. The fourth-order valence-corrected chi connectivity index (χ4v) is 2.66. The number of phenolic OH excluding ortho intramolecular Hbond substituents is 1. The summed E-state index contributed by atoms with van der Waals surface area (Å²) in [5.41, 5.74) is 1.21. The number of anilines is 1. The fraction of sp³-hybridized carbons (Fsp3) is 0.125. The number of carbonyl (C=O) groups is 2. The molecule has 0 atom stereocenters. The van der Waals surface area contributed by atoms with Crippen LogP contribution in [-0.4, -0.2) is 30.8 Å². The number of nitrogens with one attached hydrogen (secondary N) is 1. The third-order valence-corrected chi connectivity index (χ3v) is 3.61. The third-order valence-electron chi connectivity index (χ3n) is 3.61. The van der Waals surface area contributed by atoms with Crippen LogP contribution in [0.2, 0.25) is 0 Å². The SMILES string of the molecule is CNc1c(OC)cc(O)c2c1C(=O)c1ccccc1C2=O. The van der Waals surface area contributed by atoms with E-state index in [0.29, 0.717) is 22.6 Å². The first kappa shape index (κ1) is 13.2. The molecule has 2 N–H and O–H groups in total. The molecule has 21 heavy (non-hydrogen) atoms. The Kier molecular flexibility index (Phi) is 2.90. The molecule has 5 nitrogen and oxygen atoms in total. The normalized spacial score (nSPS) is 12.7. The number of hydrogen-bond donors (Lipinski definition) is 2. The maximum Gasteiger partial charge on any atom is 0.198 e. The summed E-state index contributed by atoms with van der Waals surface area (Å²) in [6.07, 6.45) is 0. The van der Waals surface area contributed by atoms with E-state index in [1.54, 1.807) is 31.3 Å². The summed E-state index contributed by atoms with van der Waals surface area (Å²) < 4.78 is 5.17. The molecule has 2 aromatic carbocycles. The first-order valence-electron chi connectivity index (χ1n) is 6.40. The summed E-state index contributed by atoms with van der Waals surface area (Å²) in [5, 5.41) is 13.0. The maximum atomic E-state index is 12.7. The molecule has 5 heteroatoms. The molecule has 0 aromatic heterocycles. The Morgan fingerprint density at radius 3 is 2.14 bits per heavy atom. The van der Waals surface area contributed by atoms with E-state index in [-0.39, 0.29) is 28.4 Å². The largest absolute Gasteiger partial charge is 0.507 e. The van der Waals surface area contributed by atoms with E-state index in [1.807, 2.05) is 0 Å². The molecule has 2 aromatic rings. The highest BCUT2D eigenvalue weighted by Crippen LogP contribution is 2.42. The first-order chi connectivity index (χ1) is 10.1. The van der Waals surface area contributed by atoms with Crippen LogP contribution in [-0.2, 0) is 0 Å². The Hall–Kier alpha value is -2.82. The summed E-state index contributed by atoms with van der Waals surface area (Å²) in [6.45, 7) is 0. The minimum absolute atomic E-state index is 0.0175. The Labute approximate surface area is 121 Å². The summed E-state index contributed by atoms with van der Waals surface area (Å²) in [7, 11) is 3.07. The van der Waals surface area contributed by atoms with Crippen LogP contribution in [0.5, 0.6) is 11.5 Å². The molecule has 3 rings (SSSR count). The lowest BCUT2D eigenvalue weighted by Crippen LogP contribution is -2.22. The van der Waals surface area contributed by atoms with Crippen molar-refractivity contribution >= 4 is 17.3 Å². The Balaban J connectivity index is 2.40. The van der Waals surface area contributed by atoms with Crippen molar-refractivity contribution in [3.63, 3.8) is 0 Å². The van der Waals surface area contributed by atoms with Gasteiger partial charge in [0.15, 0.2) is 11.6 Å². The highest BCUT2D eigenvalue weighted by atomic mass is 16.5. The summed E-state index contributed by atoms with van der Waals surface area (Å²) in [4.78, 5) is 25.3. The van der Waals surface area contributed by atoms with Crippen molar-refractivity contribution in [3.05, 3.63) is 52.6 Å². The summed E-state index contributed by atoms with van der Waals surface area (Å²) in [5.74, 6) is -0.612. The van der Waals surface area contributed by atoms with Crippen LogP contribution in [0.25, 0.3) is 0 Å². The number of fused-ring (bicyclic) bond motifs is 2. The lowest BCUT2D eigenvalue weighted by molar-refractivity contribution is 0.0977. The van der Waals surface area contributed by atoms with Gasteiger partial charge in [-0.1, -0.05) is 24.3 Å². The Bertz CT molecular complexity index is 780. The maximum absolute atomic E-state index is 12.7. The van der Waals surface area contributed by atoms with Crippen molar-refractivity contribution in [1.82, 2.24) is 0 Å². The van der Waals surface area contributed by atoms with Gasteiger partial charge in [0.05, 0.1) is 23.9 Å². The molecule has 0 spiro atoms. The number of carbonyl (C=O) groups excluding carboxylic acids is 2. The molecule has 0 fully saturated rings. The molecule has 1 aliphatic rings. The van der Waals surface area contributed by atoms with Gasteiger partial charge in [-0.3, -0.25) is 9.59 Å². The number of phenols is 1. The molecule has 0 unspecified atom stereocenters. The van der Waals surface area contributed by atoms with Gasteiger partial charge in [-0.15, -0.1) is 0 Å². The monoisotopic (exact) mass is 283 g/mol. The van der Waals surface area contributed by atoms with Crippen LogP contribution in [0.4, 0.5) is 5.69 Å². The van der Waals surface area contributed by atoms with Gasteiger partial charge in [-0.05, 0) is 0 Å². The van der Waals surface area contributed by atoms with Gasteiger partial charge in [0.2, 0.25) is 0 Å². The topological polar surface area (TPSA) is 75.6 Å².